The SMILES string of the molecule is CCNC(=S)NN=Cc1cc(OCC)c(OCC(=O)Nc2ccccc2)cc1Br. The zero-order chi connectivity index (χ0) is 21.1. The fraction of sp³-hybridized carbons (Fsp3) is 0.250. The van der Waals surface area contributed by atoms with E-state index >= 15 is 0 Å². The predicted molar refractivity (Wildman–Crippen MR) is 123 cm³/mol. The van der Waals surface area contributed by atoms with Crippen LogP contribution in [0.25, 0.3) is 0 Å². The zero-order valence-corrected chi connectivity index (χ0v) is 18.6. The van der Waals surface area contributed by atoms with E-state index in [0.717, 1.165) is 10.0 Å². The van der Waals surface area contributed by atoms with Crippen LogP contribution in [-0.2, 0) is 4.79 Å². The van der Waals surface area contributed by atoms with Gasteiger partial charge in [0.1, 0.15) is 0 Å². The fourth-order valence-corrected chi connectivity index (χ4v) is 2.88. The molecule has 0 aliphatic carbocycles. The maximum atomic E-state index is 12.1. The molecule has 0 aromatic heterocycles. The van der Waals surface area contributed by atoms with Crippen molar-refractivity contribution in [2.45, 2.75) is 13.8 Å². The van der Waals surface area contributed by atoms with Crippen LogP contribution in [0.2, 0.25) is 0 Å². The number of benzene rings is 2. The summed E-state index contributed by atoms with van der Waals surface area (Å²) in [5.41, 5.74) is 4.21. The molecule has 0 aliphatic heterocycles. The minimum atomic E-state index is -0.262. The number of nitrogens with zero attached hydrogens (tertiary/aromatic N) is 1. The smallest absolute Gasteiger partial charge is 0.262 e. The molecule has 0 heterocycles. The fourth-order valence-electron chi connectivity index (χ4n) is 2.25. The molecule has 154 valence electrons. The van der Waals surface area contributed by atoms with Crippen LogP contribution in [0.3, 0.4) is 0 Å². The molecule has 0 bridgehead atoms. The van der Waals surface area contributed by atoms with E-state index in [0.29, 0.717) is 35.5 Å². The monoisotopic (exact) mass is 478 g/mol. The molecule has 0 unspecified atom stereocenters. The van der Waals surface area contributed by atoms with Crippen LogP contribution in [0.15, 0.2) is 52.0 Å². The summed E-state index contributed by atoms with van der Waals surface area (Å²) in [6, 6.07) is 12.7. The van der Waals surface area contributed by atoms with Crippen molar-refractivity contribution in [1.82, 2.24) is 10.7 Å². The number of thiocarbonyl (C=S) groups is 1. The Morgan fingerprint density at radius 2 is 1.90 bits per heavy atom. The lowest BCUT2D eigenvalue weighted by molar-refractivity contribution is -0.118. The summed E-state index contributed by atoms with van der Waals surface area (Å²) in [5.74, 6) is 0.704. The number of carbonyl (C=O) groups is 1. The van der Waals surface area contributed by atoms with E-state index < -0.39 is 0 Å². The highest BCUT2D eigenvalue weighted by atomic mass is 79.9. The maximum Gasteiger partial charge on any atom is 0.262 e. The van der Waals surface area contributed by atoms with Crippen molar-refractivity contribution in [3.05, 3.63) is 52.5 Å². The van der Waals surface area contributed by atoms with E-state index in [2.05, 4.69) is 37.1 Å². The van der Waals surface area contributed by atoms with Gasteiger partial charge >= 0.3 is 0 Å². The number of hydrogen-bond donors (Lipinski definition) is 3. The lowest BCUT2D eigenvalue weighted by Crippen LogP contribution is -2.31. The molecule has 7 nitrogen and oxygen atoms in total. The Kier molecular flexibility index (Phi) is 9.39. The lowest BCUT2D eigenvalue weighted by atomic mass is 10.2. The Morgan fingerprint density at radius 3 is 2.59 bits per heavy atom. The van der Waals surface area contributed by atoms with Crippen LogP contribution in [0.5, 0.6) is 11.5 Å². The van der Waals surface area contributed by atoms with Crippen molar-refractivity contribution in [3.63, 3.8) is 0 Å². The molecule has 0 saturated carbocycles. The third kappa shape index (κ3) is 7.71. The first-order valence-electron chi connectivity index (χ1n) is 9.04. The van der Waals surface area contributed by atoms with Crippen LogP contribution >= 0.6 is 28.1 Å². The first kappa shape index (κ1) is 22.6. The minimum Gasteiger partial charge on any atom is -0.490 e. The Balaban J connectivity index is 2.05. The van der Waals surface area contributed by atoms with Gasteiger partial charge in [0.2, 0.25) is 0 Å². The quantitative estimate of drug-likeness (QED) is 0.289. The second kappa shape index (κ2) is 12.0. The standard InChI is InChI=1S/C20H23BrN4O3S/c1-3-22-20(29)25-23-12-14-10-17(27-4-2)18(11-16(14)21)28-13-19(26)24-15-8-6-5-7-9-15/h5-12H,3-4,13H2,1-2H3,(H,24,26)(H2,22,25,29). The second-order valence-corrected chi connectivity index (χ2v) is 6.95. The molecular formula is C20H23BrN4O3S. The topological polar surface area (TPSA) is 84.0 Å². The van der Waals surface area contributed by atoms with E-state index in [1.807, 2.05) is 44.2 Å². The molecular weight excluding hydrogens is 456 g/mol. The molecule has 0 fully saturated rings. The average molecular weight is 479 g/mol. The highest BCUT2D eigenvalue weighted by Crippen LogP contribution is 2.33. The van der Waals surface area contributed by atoms with E-state index in [9.17, 15) is 4.79 Å². The van der Waals surface area contributed by atoms with E-state index in [1.54, 1.807) is 18.3 Å². The van der Waals surface area contributed by atoms with Crippen molar-refractivity contribution >= 4 is 51.1 Å². The maximum absolute atomic E-state index is 12.1. The van der Waals surface area contributed by atoms with Crippen molar-refractivity contribution in [2.75, 3.05) is 25.1 Å². The summed E-state index contributed by atoms with van der Waals surface area (Å²) in [6.45, 7) is 4.84. The Hall–Kier alpha value is -2.65. The van der Waals surface area contributed by atoms with E-state index in [-0.39, 0.29) is 12.5 Å². The van der Waals surface area contributed by atoms with Gasteiger partial charge in [-0.3, -0.25) is 10.2 Å². The predicted octanol–water partition coefficient (Wildman–Crippen LogP) is 3.68. The van der Waals surface area contributed by atoms with Gasteiger partial charge in [-0.1, -0.05) is 18.2 Å². The molecule has 0 atom stereocenters. The summed E-state index contributed by atoms with van der Waals surface area (Å²) >= 11 is 8.55. The van der Waals surface area contributed by atoms with Gasteiger partial charge in [-0.2, -0.15) is 5.10 Å². The van der Waals surface area contributed by atoms with E-state index in [4.69, 9.17) is 21.7 Å². The van der Waals surface area contributed by atoms with Gasteiger partial charge < -0.3 is 20.1 Å². The molecule has 0 aliphatic rings. The Labute approximate surface area is 184 Å². The number of halogens is 1. The molecule has 2 rings (SSSR count). The third-order valence-corrected chi connectivity index (χ3v) is 4.41. The Bertz CT molecular complexity index is 862. The van der Waals surface area contributed by atoms with Gasteiger partial charge in [0.05, 0.1) is 12.8 Å². The largest absolute Gasteiger partial charge is 0.490 e. The van der Waals surface area contributed by atoms with Crippen molar-refractivity contribution in [3.8, 4) is 11.5 Å². The van der Waals surface area contributed by atoms with Gasteiger partial charge in [0.25, 0.3) is 5.91 Å². The van der Waals surface area contributed by atoms with Gasteiger partial charge in [-0.25, -0.2) is 0 Å². The summed E-state index contributed by atoms with van der Waals surface area (Å²) in [5, 5.41) is 10.3. The number of hydrazone groups is 1. The normalized spacial score (nSPS) is 10.4. The molecule has 9 heteroatoms. The average Bonchev–Trinajstić information content (AvgIpc) is 2.70. The molecule has 1 amide bonds. The molecule has 29 heavy (non-hydrogen) atoms. The summed E-state index contributed by atoms with van der Waals surface area (Å²) < 4.78 is 12.1. The zero-order valence-electron chi connectivity index (χ0n) is 16.2. The second-order valence-electron chi connectivity index (χ2n) is 5.69. The molecule has 2 aromatic rings. The summed E-state index contributed by atoms with van der Waals surface area (Å²) in [6.07, 6.45) is 1.61. The highest BCUT2D eigenvalue weighted by Gasteiger charge is 2.12. The van der Waals surface area contributed by atoms with Gasteiger partial charge in [-0.05, 0) is 66.3 Å². The van der Waals surface area contributed by atoms with Gasteiger partial charge in [-0.15, -0.1) is 0 Å². The summed E-state index contributed by atoms with van der Waals surface area (Å²) in [4.78, 5) is 12.1. The van der Waals surface area contributed by atoms with Crippen LogP contribution in [0.4, 0.5) is 5.69 Å². The highest BCUT2D eigenvalue weighted by molar-refractivity contribution is 9.10. The number of anilines is 1. The number of rotatable bonds is 9. The molecule has 0 saturated heterocycles. The number of hydrogen-bond acceptors (Lipinski definition) is 5. The van der Waals surface area contributed by atoms with Crippen LogP contribution < -0.4 is 25.5 Å². The van der Waals surface area contributed by atoms with Gasteiger partial charge in [0, 0.05) is 22.3 Å². The molecule has 0 radical (unpaired) electrons. The van der Waals surface area contributed by atoms with Crippen molar-refractivity contribution in [1.29, 1.82) is 0 Å². The van der Waals surface area contributed by atoms with Crippen LogP contribution in [0.1, 0.15) is 19.4 Å². The lowest BCUT2D eigenvalue weighted by Gasteiger charge is -2.14. The third-order valence-electron chi connectivity index (χ3n) is 3.49. The van der Waals surface area contributed by atoms with Crippen LogP contribution in [0, 0.1) is 0 Å². The first-order valence-corrected chi connectivity index (χ1v) is 10.2. The van der Waals surface area contributed by atoms with E-state index in [1.165, 1.54) is 0 Å². The number of para-hydroxylation sites is 1. The minimum absolute atomic E-state index is 0.145. The molecule has 2 aromatic carbocycles. The number of ether oxygens (including phenoxy) is 2. The molecule has 3 N–H and O–H groups in total. The Morgan fingerprint density at radius 1 is 1.17 bits per heavy atom. The first-order chi connectivity index (χ1) is 14.0. The number of amides is 1. The summed E-state index contributed by atoms with van der Waals surface area (Å²) in [7, 11) is 0. The van der Waals surface area contributed by atoms with Gasteiger partial charge in [0.15, 0.2) is 23.2 Å². The number of nitrogens with one attached hydrogen (secondary N) is 3. The molecule has 0 spiro atoms. The van der Waals surface area contributed by atoms with Crippen LogP contribution in [-0.4, -0.2) is 37.0 Å². The van der Waals surface area contributed by atoms with Crippen molar-refractivity contribution in [2.24, 2.45) is 5.10 Å². The number of carbonyl (C=O) groups excluding carboxylic acids is 1. The van der Waals surface area contributed by atoms with Crippen molar-refractivity contribution < 1.29 is 14.3 Å².